The molecule has 0 aliphatic heterocycles. The van der Waals surface area contributed by atoms with Gasteiger partial charge < -0.3 is 10.2 Å². The monoisotopic (exact) mass is 264 g/mol. The lowest BCUT2D eigenvalue weighted by atomic mass is 10.1. The van der Waals surface area contributed by atoms with Crippen molar-refractivity contribution in [1.82, 2.24) is 0 Å². The van der Waals surface area contributed by atoms with Gasteiger partial charge in [0.05, 0.1) is 6.10 Å². The smallest absolute Gasteiger partial charge is 0.303 e. The molecule has 0 spiro atoms. The molecule has 3 heteroatoms. The Labute approximate surface area is 115 Å². The summed E-state index contributed by atoms with van der Waals surface area (Å²) >= 11 is 0. The van der Waals surface area contributed by atoms with Gasteiger partial charge in [-0.1, -0.05) is 42.5 Å². The standard InChI is InChI=1S/C16H24O3/c1-2-3-4-6-9-12-15(17)13-10-7-5-8-11-14-16(18)19/h2,4,6-7,9-10,12,15,17H,1,3,5,8,11,13-14H2,(H,18,19)/b6-4-,10-7-,12-9+/t15-/m1/s1. The van der Waals surface area contributed by atoms with Crippen molar-refractivity contribution in [2.24, 2.45) is 0 Å². The van der Waals surface area contributed by atoms with E-state index < -0.39 is 12.1 Å². The number of unbranched alkanes of at least 4 members (excludes halogenated alkanes) is 2. The summed E-state index contributed by atoms with van der Waals surface area (Å²) in [5.41, 5.74) is 0. The minimum Gasteiger partial charge on any atom is -0.481 e. The number of carboxylic acids is 1. The molecule has 3 nitrogen and oxygen atoms in total. The molecule has 0 heterocycles. The van der Waals surface area contributed by atoms with Crippen LogP contribution in [-0.4, -0.2) is 22.3 Å². The second kappa shape index (κ2) is 12.8. The molecular formula is C16H24O3. The minimum atomic E-state index is -0.742. The Morgan fingerprint density at radius 2 is 1.95 bits per heavy atom. The highest BCUT2D eigenvalue weighted by atomic mass is 16.4. The zero-order valence-electron chi connectivity index (χ0n) is 11.4. The van der Waals surface area contributed by atoms with Crippen LogP contribution in [0.5, 0.6) is 0 Å². The van der Waals surface area contributed by atoms with Crippen LogP contribution in [0.1, 0.15) is 38.5 Å². The SMILES string of the molecule is C=CC/C=C\C=C\[C@@H](O)C/C=C\CCCCC(=O)O. The van der Waals surface area contributed by atoms with Gasteiger partial charge in [0, 0.05) is 6.42 Å². The van der Waals surface area contributed by atoms with Crippen LogP contribution in [0.25, 0.3) is 0 Å². The lowest BCUT2D eigenvalue weighted by Gasteiger charge is -1.99. The first-order chi connectivity index (χ1) is 9.16. The Morgan fingerprint density at radius 3 is 2.63 bits per heavy atom. The third-order valence-electron chi connectivity index (χ3n) is 2.44. The molecule has 19 heavy (non-hydrogen) atoms. The number of aliphatic hydroxyl groups excluding tert-OH is 1. The third kappa shape index (κ3) is 14.3. The first-order valence-corrected chi connectivity index (χ1v) is 6.66. The van der Waals surface area contributed by atoms with Crippen molar-refractivity contribution in [2.75, 3.05) is 0 Å². The van der Waals surface area contributed by atoms with Crippen LogP contribution in [0.15, 0.2) is 49.1 Å². The van der Waals surface area contributed by atoms with Crippen molar-refractivity contribution in [1.29, 1.82) is 0 Å². The lowest BCUT2D eigenvalue weighted by Crippen LogP contribution is -1.98. The summed E-state index contributed by atoms with van der Waals surface area (Å²) in [6.45, 7) is 3.61. The predicted octanol–water partition coefficient (Wildman–Crippen LogP) is 3.63. The minimum absolute atomic E-state index is 0.232. The molecule has 0 fully saturated rings. The van der Waals surface area contributed by atoms with Gasteiger partial charge >= 0.3 is 5.97 Å². The summed E-state index contributed by atoms with van der Waals surface area (Å²) < 4.78 is 0. The molecule has 0 aliphatic rings. The van der Waals surface area contributed by atoms with Gasteiger partial charge in [0.1, 0.15) is 0 Å². The van der Waals surface area contributed by atoms with E-state index in [1.54, 1.807) is 6.08 Å². The largest absolute Gasteiger partial charge is 0.481 e. The van der Waals surface area contributed by atoms with Crippen molar-refractivity contribution in [3.8, 4) is 0 Å². The van der Waals surface area contributed by atoms with Gasteiger partial charge in [0.25, 0.3) is 0 Å². The highest BCUT2D eigenvalue weighted by Gasteiger charge is 1.95. The summed E-state index contributed by atoms with van der Waals surface area (Å²) in [6.07, 6.45) is 16.8. The molecule has 0 amide bonds. The number of aliphatic hydroxyl groups is 1. The molecule has 2 N–H and O–H groups in total. The van der Waals surface area contributed by atoms with E-state index in [-0.39, 0.29) is 6.42 Å². The van der Waals surface area contributed by atoms with Crippen LogP contribution < -0.4 is 0 Å². The van der Waals surface area contributed by atoms with Crippen LogP contribution in [0.2, 0.25) is 0 Å². The number of aliphatic carboxylic acids is 1. The zero-order chi connectivity index (χ0) is 14.3. The fourth-order valence-electron chi connectivity index (χ4n) is 1.42. The van der Waals surface area contributed by atoms with E-state index in [1.807, 2.05) is 36.5 Å². The highest BCUT2D eigenvalue weighted by Crippen LogP contribution is 2.03. The first-order valence-electron chi connectivity index (χ1n) is 6.66. The molecule has 1 atom stereocenters. The van der Waals surface area contributed by atoms with Crippen LogP contribution in [-0.2, 0) is 4.79 Å². The number of allylic oxidation sites excluding steroid dienone is 5. The molecule has 0 aliphatic carbocycles. The summed E-state index contributed by atoms with van der Waals surface area (Å²) in [5, 5.41) is 18.1. The highest BCUT2D eigenvalue weighted by molar-refractivity contribution is 5.66. The van der Waals surface area contributed by atoms with Crippen molar-refractivity contribution in [3.63, 3.8) is 0 Å². The summed E-state index contributed by atoms with van der Waals surface area (Å²) in [7, 11) is 0. The zero-order valence-corrected chi connectivity index (χ0v) is 11.4. The van der Waals surface area contributed by atoms with Gasteiger partial charge in [-0.25, -0.2) is 0 Å². The Kier molecular flexibility index (Phi) is 11.7. The number of rotatable bonds is 11. The molecular weight excluding hydrogens is 240 g/mol. The van der Waals surface area contributed by atoms with Gasteiger partial charge in [-0.05, 0) is 32.1 Å². The van der Waals surface area contributed by atoms with Crippen molar-refractivity contribution < 1.29 is 15.0 Å². The Hall–Kier alpha value is -1.61. The molecule has 0 unspecified atom stereocenters. The number of hydrogen-bond acceptors (Lipinski definition) is 2. The molecule has 0 rings (SSSR count). The maximum Gasteiger partial charge on any atom is 0.303 e. The van der Waals surface area contributed by atoms with E-state index in [1.165, 1.54) is 0 Å². The molecule has 0 bridgehead atoms. The fourth-order valence-corrected chi connectivity index (χ4v) is 1.42. The number of hydrogen-bond donors (Lipinski definition) is 2. The molecule has 0 saturated carbocycles. The molecule has 0 aromatic rings. The molecule has 0 aromatic carbocycles. The molecule has 0 radical (unpaired) electrons. The molecule has 0 aromatic heterocycles. The van der Waals surface area contributed by atoms with Crippen molar-refractivity contribution >= 4 is 5.97 Å². The van der Waals surface area contributed by atoms with Crippen molar-refractivity contribution in [3.05, 3.63) is 49.1 Å². The van der Waals surface area contributed by atoms with E-state index in [4.69, 9.17) is 5.11 Å². The topological polar surface area (TPSA) is 57.5 Å². The summed E-state index contributed by atoms with van der Waals surface area (Å²) in [6, 6.07) is 0. The van der Waals surface area contributed by atoms with Gasteiger partial charge in [0.2, 0.25) is 0 Å². The van der Waals surface area contributed by atoms with Crippen LogP contribution in [0.3, 0.4) is 0 Å². The van der Waals surface area contributed by atoms with Gasteiger partial charge in [0.15, 0.2) is 0 Å². The Balaban J connectivity index is 3.57. The average molecular weight is 264 g/mol. The predicted molar refractivity (Wildman–Crippen MR) is 79.0 cm³/mol. The number of carboxylic acid groups (broad SMARTS) is 1. The van der Waals surface area contributed by atoms with E-state index in [9.17, 15) is 9.90 Å². The summed E-state index contributed by atoms with van der Waals surface area (Å²) in [5.74, 6) is -0.742. The van der Waals surface area contributed by atoms with Crippen LogP contribution in [0, 0.1) is 0 Å². The van der Waals surface area contributed by atoms with Crippen LogP contribution in [0.4, 0.5) is 0 Å². The van der Waals surface area contributed by atoms with Gasteiger partial charge in [-0.15, -0.1) is 6.58 Å². The van der Waals surface area contributed by atoms with Gasteiger partial charge in [-0.2, -0.15) is 0 Å². The molecule has 0 saturated heterocycles. The van der Waals surface area contributed by atoms with Crippen molar-refractivity contribution in [2.45, 2.75) is 44.6 Å². The van der Waals surface area contributed by atoms with E-state index in [2.05, 4.69) is 6.58 Å². The van der Waals surface area contributed by atoms with Gasteiger partial charge in [-0.3, -0.25) is 4.79 Å². The van der Waals surface area contributed by atoms with E-state index in [0.717, 1.165) is 19.3 Å². The second-order valence-electron chi connectivity index (χ2n) is 4.25. The molecule has 106 valence electrons. The first kappa shape index (κ1) is 17.4. The Bertz CT molecular complexity index is 327. The third-order valence-corrected chi connectivity index (χ3v) is 2.44. The fraction of sp³-hybridized carbons (Fsp3) is 0.438. The lowest BCUT2D eigenvalue weighted by molar-refractivity contribution is -0.137. The number of carbonyl (C=O) groups is 1. The average Bonchev–Trinajstić information content (AvgIpc) is 2.37. The second-order valence-corrected chi connectivity index (χ2v) is 4.25. The maximum absolute atomic E-state index is 10.3. The van der Waals surface area contributed by atoms with E-state index in [0.29, 0.717) is 12.8 Å². The van der Waals surface area contributed by atoms with Crippen LogP contribution >= 0.6 is 0 Å². The normalized spacial score (nSPS) is 13.5. The summed E-state index contributed by atoms with van der Waals surface area (Å²) in [4.78, 5) is 10.3. The Morgan fingerprint density at radius 1 is 1.16 bits per heavy atom. The quantitative estimate of drug-likeness (QED) is 0.340. The van der Waals surface area contributed by atoms with E-state index >= 15 is 0 Å². The maximum atomic E-state index is 10.3.